The molecule has 0 fully saturated rings. The first-order valence-electron chi connectivity index (χ1n) is 8.40. The van der Waals surface area contributed by atoms with Gasteiger partial charge in [-0.05, 0) is 13.8 Å². The first kappa shape index (κ1) is 23.0. The Morgan fingerprint density at radius 1 is 1.25 bits per heavy atom. The fourth-order valence-corrected chi connectivity index (χ4v) is 1.84. The van der Waals surface area contributed by atoms with Crippen LogP contribution in [0.2, 0.25) is 0 Å². The van der Waals surface area contributed by atoms with E-state index in [9.17, 15) is 14.7 Å². The highest BCUT2D eigenvalue weighted by Crippen LogP contribution is 2.07. The average molecular weight is 395 g/mol. The van der Waals surface area contributed by atoms with Gasteiger partial charge < -0.3 is 36.1 Å². The van der Waals surface area contributed by atoms with Gasteiger partial charge in [-0.2, -0.15) is 0 Å². The SMILES string of the molecule is CC(O)C(NC(=O)NCc1nnc(C(N)CO)o1)C(=O)O.Cc1ccccc1. The molecular weight excluding hydrogens is 370 g/mol. The van der Waals surface area contributed by atoms with Crippen molar-refractivity contribution in [3.8, 4) is 0 Å². The number of rotatable bonds is 7. The van der Waals surface area contributed by atoms with Crippen molar-refractivity contribution in [3.63, 3.8) is 0 Å². The quantitative estimate of drug-likeness (QED) is 0.366. The van der Waals surface area contributed by atoms with Gasteiger partial charge in [0.2, 0.25) is 11.8 Å². The molecule has 7 N–H and O–H groups in total. The van der Waals surface area contributed by atoms with Crippen LogP contribution < -0.4 is 16.4 Å². The van der Waals surface area contributed by atoms with Gasteiger partial charge in [0.15, 0.2) is 6.04 Å². The summed E-state index contributed by atoms with van der Waals surface area (Å²) < 4.78 is 5.07. The van der Waals surface area contributed by atoms with E-state index in [1.54, 1.807) is 0 Å². The van der Waals surface area contributed by atoms with Crippen LogP contribution in [0.5, 0.6) is 0 Å². The standard InChI is InChI=1S/C10H17N5O6.C7H8/c1-4(17)7(9(18)19)13-10(20)12-2-6-14-15-8(21-6)5(11)3-16;1-7-5-3-2-4-6-7/h4-5,7,16-17H,2-3,11H2,1H3,(H,18,19)(H2,12,13,20);2-6H,1H3. The molecule has 0 saturated carbocycles. The molecule has 11 nitrogen and oxygen atoms in total. The number of nitrogens with zero attached hydrogens (tertiary/aromatic N) is 2. The van der Waals surface area contributed by atoms with Crippen LogP contribution in [0.4, 0.5) is 4.79 Å². The number of carbonyl (C=O) groups excluding carboxylic acids is 1. The van der Waals surface area contributed by atoms with Crippen molar-refractivity contribution in [2.24, 2.45) is 5.73 Å². The second kappa shape index (κ2) is 11.6. The highest BCUT2D eigenvalue weighted by molar-refractivity contribution is 5.82. The number of hydrogen-bond acceptors (Lipinski definition) is 8. The molecule has 2 amide bonds. The van der Waals surface area contributed by atoms with Gasteiger partial charge in [-0.1, -0.05) is 35.9 Å². The number of aliphatic carboxylic acids is 1. The molecule has 2 aromatic rings. The number of aromatic nitrogens is 2. The Bertz CT molecular complexity index is 737. The highest BCUT2D eigenvalue weighted by atomic mass is 16.4. The molecule has 0 saturated heterocycles. The van der Waals surface area contributed by atoms with Crippen molar-refractivity contribution in [2.45, 2.75) is 38.6 Å². The average Bonchev–Trinajstić information content (AvgIpc) is 3.13. The van der Waals surface area contributed by atoms with E-state index >= 15 is 0 Å². The van der Waals surface area contributed by atoms with Gasteiger partial charge in [0.25, 0.3) is 0 Å². The Morgan fingerprint density at radius 3 is 2.36 bits per heavy atom. The molecule has 3 unspecified atom stereocenters. The number of amides is 2. The maximum atomic E-state index is 11.5. The van der Waals surface area contributed by atoms with Gasteiger partial charge in [0.05, 0.1) is 19.3 Å². The van der Waals surface area contributed by atoms with Crippen LogP contribution in [0.1, 0.15) is 30.3 Å². The molecule has 0 bridgehead atoms. The van der Waals surface area contributed by atoms with Crippen molar-refractivity contribution < 1.29 is 29.3 Å². The lowest BCUT2D eigenvalue weighted by Gasteiger charge is -2.16. The Labute approximate surface area is 161 Å². The topological polar surface area (TPSA) is 184 Å². The summed E-state index contributed by atoms with van der Waals surface area (Å²) in [6, 6.07) is 7.18. The van der Waals surface area contributed by atoms with Crippen molar-refractivity contribution in [2.75, 3.05) is 6.61 Å². The Hall–Kier alpha value is -3.02. The third-order valence-corrected chi connectivity index (χ3v) is 3.37. The lowest BCUT2D eigenvalue weighted by atomic mass is 10.2. The monoisotopic (exact) mass is 395 g/mol. The van der Waals surface area contributed by atoms with Gasteiger partial charge in [-0.3, -0.25) is 0 Å². The molecule has 0 aliphatic carbocycles. The third kappa shape index (κ3) is 8.12. The van der Waals surface area contributed by atoms with E-state index in [1.807, 2.05) is 18.2 Å². The van der Waals surface area contributed by atoms with E-state index in [4.69, 9.17) is 20.4 Å². The molecule has 1 aromatic heterocycles. The van der Waals surface area contributed by atoms with E-state index in [0.717, 1.165) is 0 Å². The molecule has 154 valence electrons. The van der Waals surface area contributed by atoms with Crippen molar-refractivity contribution >= 4 is 12.0 Å². The Morgan fingerprint density at radius 2 is 1.89 bits per heavy atom. The van der Waals surface area contributed by atoms with E-state index in [-0.39, 0.29) is 24.9 Å². The fourth-order valence-electron chi connectivity index (χ4n) is 1.84. The number of benzene rings is 1. The number of nitrogens with two attached hydrogens (primary N) is 1. The fraction of sp³-hybridized carbons (Fsp3) is 0.412. The Kier molecular flexibility index (Phi) is 9.57. The van der Waals surface area contributed by atoms with Crippen LogP contribution in [-0.2, 0) is 11.3 Å². The summed E-state index contributed by atoms with van der Waals surface area (Å²) in [5.74, 6) is -1.32. The normalized spacial score (nSPS) is 13.5. The zero-order chi connectivity index (χ0) is 21.1. The van der Waals surface area contributed by atoms with Crippen molar-refractivity contribution in [3.05, 3.63) is 47.7 Å². The molecule has 1 heterocycles. The molecule has 2 rings (SSSR count). The summed E-state index contributed by atoms with van der Waals surface area (Å²) >= 11 is 0. The number of aliphatic hydroxyl groups is 2. The molecule has 28 heavy (non-hydrogen) atoms. The number of aliphatic hydroxyl groups excluding tert-OH is 2. The molecule has 0 aliphatic heterocycles. The summed E-state index contributed by atoms with van der Waals surface area (Å²) in [7, 11) is 0. The minimum atomic E-state index is -1.44. The van der Waals surface area contributed by atoms with Crippen LogP contribution in [0, 0.1) is 6.92 Å². The number of aryl methyl sites for hydroxylation is 1. The van der Waals surface area contributed by atoms with Crippen LogP contribution in [-0.4, -0.2) is 56.3 Å². The first-order valence-corrected chi connectivity index (χ1v) is 8.40. The van der Waals surface area contributed by atoms with E-state index in [2.05, 4.69) is 39.9 Å². The van der Waals surface area contributed by atoms with Crippen molar-refractivity contribution in [1.29, 1.82) is 0 Å². The minimum Gasteiger partial charge on any atom is -0.480 e. The molecule has 0 spiro atoms. The predicted molar refractivity (Wildman–Crippen MR) is 98.0 cm³/mol. The maximum Gasteiger partial charge on any atom is 0.328 e. The van der Waals surface area contributed by atoms with Gasteiger partial charge in [-0.25, -0.2) is 9.59 Å². The van der Waals surface area contributed by atoms with Gasteiger partial charge in [0.1, 0.15) is 6.04 Å². The molecule has 0 aliphatic rings. The summed E-state index contributed by atoms with van der Waals surface area (Å²) in [5, 5.41) is 38.3. The summed E-state index contributed by atoms with van der Waals surface area (Å²) in [4.78, 5) is 22.3. The second-order valence-corrected chi connectivity index (χ2v) is 5.86. The number of carbonyl (C=O) groups is 2. The molecular formula is C17H25N5O6. The van der Waals surface area contributed by atoms with Crippen LogP contribution in [0.25, 0.3) is 0 Å². The molecule has 1 aromatic carbocycles. The number of nitrogens with one attached hydrogen (secondary N) is 2. The smallest absolute Gasteiger partial charge is 0.328 e. The van der Waals surface area contributed by atoms with Gasteiger partial charge >= 0.3 is 12.0 Å². The number of urea groups is 1. The summed E-state index contributed by atoms with van der Waals surface area (Å²) in [6.07, 6.45) is -1.26. The van der Waals surface area contributed by atoms with Crippen molar-refractivity contribution in [1.82, 2.24) is 20.8 Å². The number of carboxylic acids is 1. The highest BCUT2D eigenvalue weighted by Gasteiger charge is 2.25. The maximum absolute atomic E-state index is 11.5. The minimum absolute atomic E-state index is 0.0158. The lowest BCUT2D eigenvalue weighted by Crippen LogP contribution is -2.51. The predicted octanol–water partition coefficient (Wildman–Crippen LogP) is -0.310. The molecule has 3 atom stereocenters. The molecule has 0 radical (unpaired) electrons. The summed E-state index contributed by atoms with van der Waals surface area (Å²) in [6.45, 7) is 2.78. The van der Waals surface area contributed by atoms with Crippen LogP contribution in [0.3, 0.4) is 0 Å². The van der Waals surface area contributed by atoms with E-state index < -0.39 is 30.2 Å². The third-order valence-electron chi connectivity index (χ3n) is 3.37. The Balaban J connectivity index is 0.000000467. The van der Waals surface area contributed by atoms with Gasteiger partial charge in [0, 0.05) is 0 Å². The van der Waals surface area contributed by atoms with E-state index in [0.29, 0.717) is 0 Å². The first-order chi connectivity index (χ1) is 13.2. The lowest BCUT2D eigenvalue weighted by molar-refractivity contribution is -0.141. The number of hydrogen-bond donors (Lipinski definition) is 6. The summed E-state index contributed by atoms with van der Waals surface area (Å²) in [5.41, 5.74) is 6.78. The zero-order valence-electron chi connectivity index (χ0n) is 15.6. The van der Waals surface area contributed by atoms with Crippen LogP contribution in [0.15, 0.2) is 34.7 Å². The van der Waals surface area contributed by atoms with Gasteiger partial charge in [-0.15, -0.1) is 10.2 Å². The zero-order valence-corrected chi connectivity index (χ0v) is 15.6. The second-order valence-electron chi connectivity index (χ2n) is 5.86. The largest absolute Gasteiger partial charge is 0.480 e. The van der Waals surface area contributed by atoms with E-state index in [1.165, 1.54) is 12.5 Å². The van der Waals surface area contributed by atoms with Crippen LogP contribution >= 0.6 is 0 Å². The molecule has 11 heteroatoms. The number of carboxylic acid groups (broad SMARTS) is 1.